The summed E-state index contributed by atoms with van der Waals surface area (Å²) in [5, 5.41) is 4.37. The van der Waals surface area contributed by atoms with E-state index in [-0.39, 0.29) is 5.56 Å². The number of hydrogen-bond donors (Lipinski definition) is 1. The molecule has 5 heteroatoms. The molecule has 0 fully saturated rings. The van der Waals surface area contributed by atoms with Crippen molar-refractivity contribution in [2.75, 3.05) is 0 Å². The van der Waals surface area contributed by atoms with E-state index in [1.165, 1.54) is 0 Å². The maximum Gasteiger partial charge on any atom is 0.128 e. The van der Waals surface area contributed by atoms with Crippen molar-refractivity contribution in [3.05, 3.63) is 52.9 Å². The number of aryl methyl sites for hydroxylation is 2. The summed E-state index contributed by atoms with van der Waals surface area (Å²) in [5.41, 5.74) is 7.80. The van der Waals surface area contributed by atoms with Crippen molar-refractivity contribution < 1.29 is 8.78 Å². The molecule has 0 saturated carbocycles. The number of nitrogens with two attached hydrogens (primary N) is 1. The van der Waals surface area contributed by atoms with E-state index in [0.29, 0.717) is 12.2 Å². The summed E-state index contributed by atoms with van der Waals surface area (Å²) in [5.74, 6) is -0.999. The molecule has 0 radical (unpaired) electrons. The van der Waals surface area contributed by atoms with Crippen LogP contribution in [0.1, 0.15) is 36.8 Å². The number of nitrogens with zero attached hydrogens (tertiary/aromatic N) is 2. The first kappa shape index (κ1) is 13.7. The smallest absolute Gasteiger partial charge is 0.128 e. The molecule has 0 spiro atoms. The van der Waals surface area contributed by atoms with Gasteiger partial charge in [0.1, 0.15) is 11.6 Å². The summed E-state index contributed by atoms with van der Waals surface area (Å²) >= 11 is 0. The van der Waals surface area contributed by atoms with Gasteiger partial charge in [0.15, 0.2) is 0 Å². The maximum atomic E-state index is 13.8. The second kappa shape index (κ2) is 5.48. The molecule has 102 valence electrons. The van der Waals surface area contributed by atoms with Crippen LogP contribution in [0.4, 0.5) is 8.78 Å². The predicted octanol–water partition coefficient (Wildman–Crippen LogP) is 2.79. The second-order valence-electron chi connectivity index (χ2n) is 4.37. The molecule has 1 aromatic carbocycles. The molecule has 0 aliphatic heterocycles. The Bertz CT molecular complexity index is 578. The van der Waals surface area contributed by atoms with Crippen molar-refractivity contribution in [3.8, 4) is 0 Å². The molecule has 19 heavy (non-hydrogen) atoms. The van der Waals surface area contributed by atoms with Crippen LogP contribution >= 0.6 is 0 Å². The Balaban J connectivity index is 2.45. The van der Waals surface area contributed by atoms with Crippen LogP contribution in [0.15, 0.2) is 24.3 Å². The minimum absolute atomic E-state index is 0.150. The normalized spacial score (nSPS) is 12.7. The quantitative estimate of drug-likeness (QED) is 0.923. The van der Waals surface area contributed by atoms with Gasteiger partial charge in [-0.05, 0) is 37.6 Å². The maximum absolute atomic E-state index is 13.8. The summed E-state index contributed by atoms with van der Waals surface area (Å²) < 4.78 is 28.7. The largest absolute Gasteiger partial charge is 0.319 e. The van der Waals surface area contributed by atoms with Crippen molar-refractivity contribution in [1.82, 2.24) is 9.78 Å². The Morgan fingerprint density at radius 1 is 1.26 bits per heavy atom. The fourth-order valence-corrected chi connectivity index (χ4v) is 2.08. The van der Waals surface area contributed by atoms with Crippen molar-refractivity contribution in [2.24, 2.45) is 5.73 Å². The van der Waals surface area contributed by atoms with E-state index in [0.717, 1.165) is 30.3 Å². The summed E-state index contributed by atoms with van der Waals surface area (Å²) in [7, 11) is 0. The van der Waals surface area contributed by atoms with Crippen LogP contribution in [-0.4, -0.2) is 9.78 Å². The van der Waals surface area contributed by atoms with E-state index >= 15 is 0 Å². The fraction of sp³-hybridized carbons (Fsp3) is 0.357. The molecular formula is C14H17F2N3. The van der Waals surface area contributed by atoms with E-state index in [2.05, 4.69) is 5.10 Å². The number of benzene rings is 1. The Morgan fingerprint density at radius 3 is 2.63 bits per heavy atom. The van der Waals surface area contributed by atoms with Crippen molar-refractivity contribution in [3.63, 3.8) is 0 Å². The lowest BCUT2D eigenvalue weighted by atomic mass is 10.0. The zero-order chi connectivity index (χ0) is 14.0. The molecule has 0 amide bonds. The minimum atomic E-state index is -0.719. The predicted molar refractivity (Wildman–Crippen MR) is 69.7 cm³/mol. The van der Waals surface area contributed by atoms with Gasteiger partial charge >= 0.3 is 0 Å². The molecule has 1 atom stereocenters. The van der Waals surface area contributed by atoms with Gasteiger partial charge in [-0.3, -0.25) is 4.68 Å². The zero-order valence-electron chi connectivity index (χ0n) is 11.0. The molecule has 0 aliphatic rings. The molecular weight excluding hydrogens is 248 g/mol. The van der Waals surface area contributed by atoms with Crippen molar-refractivity contribution >= 4 is 0 Å². The third kappa shape index (κ3) is 2.66. The highest BCUT2D eigenvalue weighted by molar-refractivity contribution is 5.30. The standard InChI is InChI=1S/C14H17F2N3/c1-3-10-8-13(19(4-2)18-10)14(17)11-7-9(15)5-6-12(11)16/h5-8,14H,3-4,17H2,1-2H3. The van der Waals surface area contributed by atoms with Crippen LogP contribution in [0.3, 0.4) is 0 Å². The van der Waals surface area contributed by atoms with Crippen LogP contribution in [0.25, 0.3) is 0 Å². The summed E-state index contributed by atoms with van der Waals surface area (Å²) in [4.78, 5) is 0. The SMILES string of the molecule is CCc1cc(C(N)c2cc(F)ccc2F)n(CC)n1. The number of aromatic nitrogens is 2. The van der Waals surface area contributed by atoms with E-state index in [4.69, 9.17) is 5.73 Å². The van der Waals surface area contributed by atoms with Gasteiger partial charge in [-0.25, -0.2) is 8.78 Å². The van der Waals surface area contributed by atoms with Gasteiger partial charge < -0.3 is 5.73 Å². The highest BCUT2D eigenvalue weighted by Crippen LogP contribution is 2.24. The molecule has 2 aromatic rings. The average Bonchev–Trinajstić information content (AvgIpc) is 2.84. The van der Waals surface area contributed by atoms with E-state index in [1.54, 1.807) is 4.68 Å². The number of rotatable bonds is 4. The van der Waals surface area contributed by atoms with E-state index in [9.17, 15) is 8.78 Å². The summed E-state index contributed by atoms with van der Waals surface area (Å²) in [6.45, 7) is 4.56. The Hall–Kier alpha value is -1.75. The first-order valence-corrected chi connectivity index (χ1v) is 6.34. The van der Waals surface area contributed by atoms with E-state index < -0.39 is 17.7 Å². The van der Waals surface area contributed by atoms with Crippen molar-refractivity contribution in [2.45, 2.75) is 32.9 Å². The van der Waals surface area contributed by atoms with Gasteiger partial charge in [-0.15, -0.1) is 0 Å². The molecule has 2 rings (SSSR count). The summed E-state index contributed by atoms with van der Waals surface area (Å²) in [6, 6.07) is 4.44. The first-order chi connectivity index (χ1) is 9.06. The average molecular weight is 265 g/mol. The van der Waals surface area contributed by atoms with Gasteiger partial charge in [0.2, 0.25) is 0 Å². The van der Waals surface area contributed by atoms with E-state index in [1.807, 2.05) is 19.9 Å². The Labute approximate surface area is 111 Å². The number of halogens is 2. The van der Waals surface area contributed by atoms with Gasteiger partial charge in [0.05, 0.1) is 17.4 Å². The highest BCUT2D eigenvalue weighted by Gasteiger charge is 2.19. The lowest BCUT2D eigenvalue weighted by molar-refractivity contribution is 0.554. The van der Waals surface area contributed by atoms with Crippen LogP contribution in [0.2, 0.25) is 0 Å². The van der Waals surface area contributed by atoms with Crippen LogP contribution in [0.5, 0.6) is 0 Å². The van der Waals surface area contributed by atoms with Crippen LogP contribution < -0.4 is 5.73 Å². The third-order valence-electron chi connectivity index (χ3n) is 3.14. The van der Waals surface area contributed by atoms with Crippen LogP contribution in [0, 0.1) is 11.6 Å². The molecule has 0 aliphatic carbocycles. The monoisotopic (exact) mass is 265 g/mol. The van der Waals surface area contributed by atoms with Gasteiger partial charge in [-0.2, -0.15) is 5.10 Å². The Kier molecular flexibility index (Phi) is 3.95. The zero-order valence-corrected chi connectivity index (χ0v) is 11.0. The summed E-state index contributed by atoms with van der Waals surface area (Å²) in [6.07, 6.45) is 0.776. The lowest BCUT2D eigenvalue weighted by Gasteiger charge is -2.14. The van der Waals surface area contributed by atoms with Crippen molar-refractivity contribution in [1.29, 1.82) is 0 Å². The Morgan fingerprint density at radius 2 is 2.00 bits per heavy atom. The molecule has 3 nitrogen and oxygen atoms in total. The van der Waals surface area contributed by atoms with Gasteiger partial charge in [0, 0.05) is 12.1 Å². The fourth-order valence-electron chi connectivity index (χ4n) is 2.08. The first-order valence-electron chi connectivity index (χ1n) is 6.34. The molecule has 2 N–H and O–H groups in total. The molecule has 1 unspecified atom stereocenters. The highest BCUT2D eigenvalue weighted by atomic mass is 19.1. The molecule has 1 aromatic heterocycles. The topological polar surface area (TPSA) is 43.8 Å². The second-order valence-corrected chi connectivity index (χ2v) is 4.37. The van der Waals surface area contributed by atoms with Crippen LogP contribution in [-0.2, 0) is 13.0 Å². The molecule has 0 bridgehead atoms. The van der Waals surface area contributed by atoms with Gasteiger partial charge in [0.25, 0.3) is 0 Å². The molecule has 1 heterocycles. The minimum Gasteiger partial charge on any atom is -0.319 e. The molecule has 0 saturated heterocycles. The van der Waals surface area contributed by atoms with Gasteiger partial charge in [-0.1, -0.05) is 6.92 Å². The lowest BCUT2D eigenvalue weighted by Crippen LogP contribution is -2.18. The number of hydrogen-bond acceptors (Lipinski definition) is 2. The third-order valence-corrected chi connectivity index (χ3v) is 3.14.